The molecule has 7 heteroatoms. The number of benzene rings is 1. The minimum atomic E-state index is -1.67. The number of para-hydroxylation sites is 1. The zero-order valence-electron chi connectivity index (χ0n) is 6.68. The predicted molar refractivity (Wildman–Crippen MR) is 54.9 cm³/mol. The van der Waals surface area contributed by atoms with Crippen LogP contribution in [0.5, 0.6) is 5.75 Å². The Bertz CT molecular complexity index is 338. The van der Waals surface area contributed by atoms with Gasteiger partial charge in [0.2, 0.25) is 9.23 Å². The van der Waals surface area contributed by atoms with E-state index in [1.165, 1.54) is 12.1 Å². The second-order valence-corrected chi connectivity index (χ2v) is 4.53. The van der Waals surface area contributed by atoms with Crippen LogP contribution in [0.15, 0.2) is 24.3 Å². The molecule has 0 spiro atoms. The normalized spacial score (nSPS) is 9.07. The average molecular weight is 257 g/mol. The minimum absolute atomic E-state index is 0.0671. The molecule has 78 valence electrons. The third-order valence-corrected chi connectivity index (χ3v) is 1.13. The van der Waals surface area contributed by atoms with Gasteiger partial charge in [-0.2, -0.15) is 0 Å². The van der Waals surface area contributed by atoms with Crippen LogP contribution in [0.2, 0.25) is 0 Å². The van der Waals surface area contributed by atoms with E-state index in [-0.39, 0.29) is 11.3 Å². The summed E-state index contributed by atoms with van der Waals surface area (Å²) in [6.45, 7) is 0. The Morgan fingerprint density at radius 2 is 1.71 bits per heavy atom. The Morgan fingerprint density at radius 3 is 2.00 bits per heavy atom. The molecular weight excluding hydrogens is 251 g/mol. The van der Waals surface area contributed by atoms with Gasteiger partial charge in [0.15, 0.2) is 0 Å². The molecule has 0 aliphatic rings. The van der Waals surface area contributed by atoms with Crippen LogP contribution in [0.3, 0.4) is 0 Å². The fraction of sp³-hybridized carbons (Fsp3) is 0. The van der Waals surface area contributed by atoms with Gasteiger partial charge in [-0.3, -0.25) is 0 Å². The van der Waals surface area contributed by atoms with E-state index in [0.29, 0.717) is 0 Å². The first kappa shape index (κ1) is 13.2. The second kappa shape index (κ2) is 6.64. The van der Waals surface area contributed by atoms with Gasteiger partial charge in [-0.15, -0.1) is 0 Å². The lowest BCUT2D eigenvalue weighted by Crippen LogP contribution is -1.95. The first-order valence-corrected chi connectivity index (χ1v) is 6.01. The second-order valence-electron chi connectivity index (χ2n) is 2.01. The van der Waals surface area contributed by atoms with Crippen LogP contribution in [0.4, 0.5) is 0 Å². The van der Waals surface area contributed by atoms with E-state index >= 15 is 0 Å². The fourth-order valence-corrected chi connectivity index (χ4v) is 0.654. The third kappa shape index (κ3) is 5.80. The van der Waals surface area contributed by atoms with Gasteiger partial charge in [0.1, 0.15) is 11.3 Å². The summed E-state index contributed by atoms with van der Waals surface area (Å²) in [6, 6.07) is 5.81. The molecule has 0 radical (unpaired) electrons. The number of aromatic carboxylic acids is 1. The lowest BCUT2D eigenvalue weighted by Gasteiger charge is -1.95. The first-order valence-electron chi connectivity index (χ1n) is 3.20. The molecule has 1 rings (SSSR count). The molecule has 1 aromatic carbocycles. The van der Waals surface area contributed by atoms with Crippen molar-refractivity contribution in [1.82, 2.24) is 0 Å². The van der Waals surface area contributed by atoms with Gasteiger partial charge >= 0.3 is 5.97 Å². The van der Waals surface area contributed by atoms with Crippen LogP contribution in [0.1, 0.15) is 10.4 Å². The lowest BCUT2D eigenvalue weighted by molar-refractivity contribution is 0.0694. The number of phenols is 1. The summed E-state index contributed by atoms with van der Waals surface area (Å²) < 4.78 is 9.09. The van der Waals surface area contributed by atoms with Crippen LogP contribution < -0.4 is 0 Å². The number of aromatic hydroxyl groups is 1. The number of halogens is 2. The van der Waals surface area contributed by atoms with Gasteiger partial charge in [-0.25, -0.2) is 9.00 Å². The highest BCUT2D eigenvalue weighted by Gasteiger charge is 2.05. The highest BCUT2D eigenvalue weighted by Crippen LogP contribution is 2.14. The summed E-state index contributed by atoms with van der Waals surface area (Å²) in [5.41, 5.74) is -0.0671. The standard InChI is InChI=1S/C7H6O3.Cl2OS/c8-6-4-2-1-3-5(6)7(9)10;1-4(2)3/h1-4,8H,(H,9,10);. The zero-order valence-corrected chi connectivity index (χ0v) is 9.01. The van der Waals surface area contributed by atoms with Crippen LogP contribution in [0.25, 0.3) is 0 Å². The van der Waals surface area contributed by atoms with Crippen molar-refractivity contribution >= 4 is 36.6 Å². The molecule has 1 aromatic rings. The highest BCUT2D eigenvalue weighted by atomic mass is 36.0. The van der Waals surface area contributed by atoms with E-state index in [1.807, 2.05) is 0 Å². The molecule has 0 aliphatic carbocycles. The monoisotopic (exact) mass is 256 g/mol. The summed E-state index contributed by atoms with van der Waals surface area (Å²) in [5.74, 6) is -1.31. The summed E-state index contributed by atoms with van der Waals surface area (Å²) in [4.78, 5) is 10.3. The first-order chi connectivity index (χ1) is 6.45. The van der Waals surface area contributed by atoms with Gasteiger partial charge < -0.3 is 10.2 Å². The van der Waals surface area contributed by atoms with Crippen molar-refractivity contribution in [2.24, 2.45) is 0 Å². The molecular formula is C7H6Cl2O4S. The van der Waals surface area contributed by atoms with Crippen molar-refractivity contribution in [2.75, 3.05) is 0 Å². The Kier molecular flexibility index (Phi) is 6.27. The molecule has 0 bridgehead atoms. The number of rotatable bonds is 1. The van der Waals surface area contributed by atoms with E-state index < -0.39 is 15.2 Å². The molecule has 0 amide bonds. The summed E-state index contributed by atoms with van der Waals surface area (Å²) in [5, 5.41) is 17.3. The SMILES string of the molecule is O=C(O)c1ccccc1O.O=S(Cl)Cl. The number of hydrogen-bond donors (Lipinski definition) is 2. The van der Waals surface area contributed by atoms with E-state index in [2.05, 4.69) is 21.4 Å². The fourth-order valence-electron chi connectivity index (χ4n) is 0.654. The van der Waals surface area contributed by atoms with Crippen molar-refractivity contribution in [3.63, 3.8) is 0 Å². The Morgan fingerprint density at radius 1 is 1.29 bits per heavy atom. The largest absolute Gasteiger partial charge is 0.507 e. The molecule has 0 fully saturated rings. The topological polar surface area (TPSA) is 74.6 Å². The molecule has 0 atom stereocenters. The molecule has 4 nitrogen and oxygen atoms in total. The Hall–Kier alpha value is -0.780. The Labute approximate surface area is 91.5 Å². The molecule has 0 aromatic heterocycles. The molecule has 0 heterocycles. The predicted octanol–water partition coefficient (Wildman–Crippen LogP) is 2.13. The van der Waals surface area contributed by atoms with Crippen molar-refractivity contribution < 1.29 is 19.2 Å². The van der Waals surface area contributed by atoms with Crippen LogP contribution >= 0.6 is 21.4 Å². The summed E-state index contributed by atoms with van der Waals surface area (Å²) in [7, 11) is 7.36. The minimum Gasteiger partial charge on any atom is -0.507 e. The van der Waals surface area contributed by atoms with Crippen molar-refractivity contribution in [1.29, 1.82) is 0 Å². The number of carboxylic acid groups (broad SMARTS) is 1. The summed E-state index contributed by atoms with van der Waals surface area (Å²) >= 11 is 0. The number of hydrogen-bond acceptors (Lipinski definition) is 3. The van der Waals surface area contributed by atoms with E-state index in [9.17, 15) is 4.79 Å². The van der Waals surface area contributed by atoms with E-state index in [4.69, 9.17) is 14.4 Å². The smallest absolute Gasteiger partial charge is 0.339 e. The van der Waals surface area contributed by atoms with Gasteiger partial charge in [0.25, 0.3) is 0 Å². The van der Waals surface area contributed by atoms with Crippen molar-refractivity contribution in [2.45, 2.75) is 0 Å². The van der Waals surface area contributed by atoms with Crippen molar-refractivity contribution in [3.8, 4) is 5.75 Å². The van der Waals surface area contributed by atoms with Crippen LogP contribution in [0, 0.1) is 0 Å². The maximum atomic E-state index is 10.3. The number of carbonyl (C=O) groups is 1. The maximum Gasteiger partial charge on any atom is 0.339 e. The van der Waals surface area contributed by atoms with E-state index in [1.54, 1.807) is 12.1 Å². The van der Waals surface area contributed by atoms with E-state index in [0.717, 1.165) is 0 Å². The van der Waals surface area contributed by atoms with Crippen LogP contribution in [-0.4, -0.2) is 20.4 Å². The van der Waals surface area contributed by atoms with Crippen LogP contribution in [-0.2, 0) is 9.23 Å². The highest BCUT2D eigenvalue weighted by molar-refractivity contribution is 8.26. The lowest BCUT2D eigenvalue weighted by atomic mass is 10.2. The molecule has 0 aliphatic heterocycles. The van der Waals surface area contributed by atoms with Crippen molar-refractivity contribution in [3.05, 3.63) is 29.8 Å². The number of carboxylic acids is 1. The molecule has 0 saturated carbocycles. The Balaban J connectivity index is 0.000000364. The molecule has 14 heavy (non-hydrogen) atoms. The third-order valence-electron chi connectivity index (χ3n) is 1.13. The van der Waals surface area contributed by atoms with Gasteiger partial charge in [0, 0.05) is 21.4 Å². The van der Waals surface area contributed by atoms with Gasteiger partial charge in [-0.05, 0) is 12.1 Å². The molecule has 0 saturated heterocycles. The van der Waals surface area contributed by atoms with Gasteiger partial charge in [0.05, 0.1) is 0 Å². The summed E-state index contributed by atoms with van der Waals surface area (Å²) in [6.07, 6.45) is 0. The molecule has 2 N–H and O–H groups in total. The average Bonchev–Trinajstić information content (AvgIpc) is 2.03. The molecule has 0 unspecified atom stereocenters. The zero-order chi connectivity index (χ0) is 11.1. The maximum absolute atomic E-state index is 10.3. The quantitative estimate of drug-likeness (QED) is 0.756. The van der Waals surface area contributed by atoms with Gasteiger partial charge in [-0.1, -0.05) is 12.1 Å².